The van der Waals surface area contributed by atoms with Gasteiger partial charge in [-0.3, -0.25) is 14.6 Å². The third-order valence-corrected chi connectivity index (χ3v) is 3.65. The fourth-order valence-corrected chi connectivity index (χ4v) is 2.53. The number of pyridine rings is 1. The third kappa shape index (κ3) is 4.03. The number of hydrogen-bond acceptors (Lipinski definition) is 3. The maximum absolute atomic E-state index is 12.3. The van der Waals surface area contributed by atoms with Gasteiger partial charge in [0, 0.05) is 24.7 Å². The number of nitrogens with one attached hydrogen (secondary N) is 1. The molecule has 2 heterocycles. The van der Waals surface area contributed by atoms with Crippen molar-refractivity contribution in [3.05, 3.63) is 24.5 Å². The molecular weight excluding hydrogens is 266 g/mol. The molecule has 21 heavy (non-hydrogen) atoms. The van der Waals surface area contributed by atoms with Crippen molar-refractivity contribution in [3.63, 3.8) is 0 Å². The molecule has 1 atom stereocenters. The van der Waals surface area contributed by atoms with Crippen LogP contribution in [0.5, 0.6) is 0 Å². The number of anilines is 1. The first-order valence-corrected chi connectivity index (χ1v) is 7.38. The van der Waals surface area contributed by atoms with Crippen LogP contribution in [0, 0.1) is 11.3 Å². The van der Waals surface area contributed by atoms with Crippen molar-refractivity contribution in [3.8, 4) is 0 Å². The zero-order valence-electron chi connectivity index (χ0n) is 12.9. The van der Waals surface area contributed by atoms with Crippen LogP contribution in [0.2, 0.25) is 0 Å². The van der Waals surface area contributed by atoms with E-state index in [4.69, 9.17) is 0 Å². The Morgan fingerprint density at radius 3 is 2.76 bits per heavy atom. The minimum Gasteiger partial charge on any atom is -0.341 e. The molecule has 1 N–H and O–H groups in total. The zero-order valence-corrected chi connectivity index (χ0v) is 12.9. The number of aromatic nitrogens is 1. The Morgan fingerprint density at radius 1 is 1.38 bits per heavy atom. The Kier molecular flexibility index (Phi) is 4.60. The lowest BCUT2D eigenvalue weighted by Gasteiger charge is -2.35. The van der Waals surface area contributed by atoms with E-state index >= 15 is 0 Å². The van der Waals surface area contributed by atoms with Crippen LogP contribution in [-0.4, -0.2) is 34.8 Å². The van der Waals surface area contributed by atoms with Gasteiger partial charge in [0.2, 0.25) is 11.8 Å². The van der Waals surface area contributed by atoms with Gasteiger partial charge in [0.15, 0.2) is 0 Å². The summed E-state index contributed by atoms with van der Waals surface area (Å²) in [6.07, 6.45) is 4.98. The molecule has 0 saturated carbocycles. The number of piperidine rings is 1. The predicted octanol–water partition coefficient (Wildman–Crippen LogP) is 2.30. The molecular formula is C16H23N3O2. The number of likely N-dealkylation sites (tertiary alicyclic amines) is 1. The van der Waals surface area contributed by atoms with Gasteiger partial charge in [0.1, 0.15) is 0 Å². The van der Waals surface area contributed by atoms with Crippen LogP contribution in [0.1, 0.15) is 33.6 Å². The van der Waals surface area contributed by atoms with Gasteiger partial charge in [-0.1, -0.05) is 20.8 Å². The lowest BCUT2D eigenvalue weighted by atomic mass is 9.91. The average Bonchev–Trinajstić information content (AvgIpc) is 2.46. The van der Waals surface area contributed by atoms with Crippen LogP contribution in [0.15, 0.2) is 24.5 Å². The second-order valence-electron chi connectivity index (χ2n) is 6.57. The van der Waals surface area contributed by atoms with Crippen molar-refractivity contribution in [2.24, 2.45) is 11.3 Å². The molecule has 1 aromatic rings. The van der Waals surface area contributed by atoms with Gasteiger partial charge in [-0.2, -0.15) is 0 Å². The summed E-state index contributed by atoms with van der Waals surface area (Å²) in [7, 11) is 0. The summed E-state index contributed by atoms with van der Waals surface area (Å²) in [5.41, 5.74) is 0.295. The fourth-order valence-electron chi connectivity index (χ4n) is 2.53. The molecule has 1 aliphatic rings. The lowest BCUT2D eigenvalue weighted by molar-refractivity contribution is -0.142. The summed E-state index contributed by atoms with van der Waals surface area (Å²) in [6, 6.07) is 3.59. The van der Waals surface area contributed by atoms with Crippen LogP contribution in [-0.2, 0) is 9.59 Å². The van der Waals surface area contributed by atoms with E-state index in [9.17, 15) is 9.59 Å². The molecule has 1 aromatic heterocycles. The molecule has 2 rings (SSSR count). The second kappa shape index (κ2) is 6.24. The number of amides is 2. The van der Waals surface area contributed by atoms with E-state index in [1.165, 1.54) is 0 Å². The van der Waals surface area contributed by atoms with Gasteiger partial charge in [-0.15, -0.1) is 0 Å². The van der Waals surface area contributed by atoms with Crippen molar-refractivity contribution < 1.29 is 9.59 Å². The molecule has 1 saturated heterocycles. The highest BCUT2D eigenvalue weighted by Crippen LogP contribution is 2.24. The molecule has 2 amide bonds. The normalized spacial score (nSPS) is 19.2. The monoisotopic (exact) mass is 289 g/mol. The Labute approximate surface area is 125 Å². The third-order valence-electron chi connectivity index (χ3n) is 3.65. The topological polar surface area (TPSA) is 62.3 Å². The van der Waals surface area contributed by atoms with Crippen LogP contribution in [0.3, 0.4) is 0 Å². The molecule has 1 unspecified atom stereocenters. The quantitative estimate of drug-likeness (QED) is 0.908. The van der Waals surface area contributed by atoms with Crippen molar-refractivity contribution >= 4 is 17.5 Å². The number of carbonyl (C=O) groups is 2. The number of nitrogens with zero attached hydrogens (tertiary/aromatic N) is 2. The standard InChI is InChI=1S/C16H23N3O2/c1-16(2,3)15(21)19-9-5-6-12(11-19)14(20)18-13-7-4-8-17-10-13/h4,7-8,10,12H,5-6,9,11H2,1-3H3,(H,18,20). The minimum absolute atomic E-state index is 0.0330. The first-order valence-electron chi connectivity index (χ1n) is 7.38. The van der Waals surface area contributed by atoms with E-state index in [0.29, 0.717) is 12.2 Å². The van der Waals surface area contributed by atoms with E-state index in [1.54, 1.807) is 18.5 Å². The molecule has 1 fully saturated rings. The summed E-state index contributed by atoms with van der Waals surface area (Å²) in [4.78, 5) is 30.4. The first kappa shape index (κ1) is 15.5. The lowest BCUT2D eigenvalue weighted by Crippen LogP contribution is -2.47. The highest BCUT2D eigenvalue weighted by Gasteiger charge is 2.33. The Morgan fingerprint density at radius 2 is 2.14 bits per heavy atom. The number of carbonyl (C=O) groups excluding carboxylic acids is 2. The summed E-state index contributed by atoms with van der Waals surface area (Å²) in [5.74, 6) is -0.0685. The molecule has 114 valence electrons. The predicted molar refractivity (Wildman–Crippen MR) is 81.6 cm³/mol. The van der Waals surface area contributed by atoms with E-state index < -0.39 is 5.41 Å². The summed E-state index contributed by atoms with van der Waals surface area (Å²) in [6.45, 7) is 6.98. The van der Waals surface area contributed by atoms with Crippen LogP contribution >= 0.6 is 0 Å². The minimum atomic E-state index is -0.401. The maximum Gasteiger partial charge on any atom is 0.229 e. The van der Waals surface area contributed by atoms with Gasteiger partial charge in [-0.25, -0.2) is 0 Å². The Balaban J connectivity index is 1.98. The van der Waals surface area contributed by atoms with Crippen LogP contribution < -0.4 is 5.32 Å². The highest BCUT2D eigenvalue weighted by molar-refractivity contribution is 5.93. The second-order valence-corrected chi connectivity index (χ2v) is 6.57. The molecule has 0 aliphatic carbocycles. The summed E-state index contributed by atoms with van der Waals surface area (Å²) in [5, 5.41) is 2.87. The SMILES string of the molecule is CC(C)(C)C(=O)N1CCCC(C(=O)Nc2cccnc2)C1. The van der Waals surface area contributed by atoms with Crippen molar-refractivity contribution in [1.29, 1.82) is 0 Å². The molecule has 1 aliphatic heterocycles. The van der Waals surface area contributed by atoms with Gasteiger partial charge in [-0.05, 0) is 25.0 Å². The van der Waals surface area contributed by atoms with Gasteiger partial charge in [0.25, 0.3) is 0 Å². The van der Waals surface area contributed by atoms with Crippen LogP contribution in [0.4, 0.5) is 5.69 Å². The smallest absolute Gasteiger partial charge is 0.229 e. The largest absolute Gasteiger partial charge is 0.341 e. The maximum atomic E-state index is 12.3. The van der Waals surface area contributed by atoms with E-state index in [2.05, 4.69) is 10.3 Å². The Hall–Kier alpha value is -1.91. The number of hydrogen-bond donors (Lipinski definition) is 1. The molecule has 5 nitrogen and oxygen atoms in total. The molecule has 0 aromatic carbocycles. The average molecular weight is 289 g/mol. The first-order chi connectivity index (χ1) is 9.88. The van der Waals surface area contributed by atoms with Gasteiger partial charge in [0.05, 0.1) is 17.8 Å². The molecule has 0 bridgehead atoms. The zero-order chi connectivity index (χ0) is 15.5. The highest BCUT2D eigenvalue weighted by atomic mass is 16.2. The van der Waals surface area contributed by atoms with Crippen molar-refractivity contribution in [2.45, 2.75) is 33.6 Å². The summed E-state index contributed by atoms with van der Waals surface area (Å²) < 4.78 is 0. The van der Waals surface area contributed by atoms with Gasteiger partial charge >= 0.3 is 0 Å². The molecule has 0 radical (unpaired) electrons. The van der Waals surface area contributed by atoms with E-state index in [1.807, 2.05) is 31.7 Å². The summed E-state index contributed by atoms with van der Waals surface area (Å²) >= 11 is 0. The van der Waals surface area contributed by atoms with Crippen molar-refractivity contribution in [1.82, 2.24) is 9.88 Å². The molecule has 0 spiro atoms. The number of rotatable bonds is 2. The molecule has 5 heteroatoms. The van der Waals surface area contributed by atoms with E-state index in [-0.39, 0.29) is 17.7 Å². The van der Waals surface area contributed by atoms with E-state index in [0.717, 1.165) is 19.4 Å². The fraction of sp³-hybridized carbons (Fsp3) is 0.562. The van der Waals surface area contributed by atoms with Crippen molar-refractivity contribution in [2.75, 3.05) is 18.4 Å². The Bertz CT molecular complexity index is 508. The van der Waals surface area contributed by atoms with Crippen LogP contribution in [0.25, 0.3) is 0 Å². The van der Waals surface area contributed by atoms with Gasteiger partial charge < -0.3 is 10.2 Å².